The van der Waals surface area contributed by atoms with Crippen LogP contribution in [0.2, 0.25) is 0 Å². The average molecular weight is 261 g/mol. The highest BCUT2D eigenvalue weighted by Crippen LogP contribution is 2.20. The van der Waals surface area contributed by atoms with E-state index in [4.69, 9.17) is 30.6 Å². The van der Waals surface area contributed by atoms with E-state index in [2.05, 4.69) is 0 Å². The molecule has 1 saturated carbocycles. The van der Waals surface area contributed by atoms with Gasteiger partial charge in [0.05, 0.1) is 0 Å². The molecule has 0 amide bonds. The molecule has 1 rings (SSSR count). The molecule has 1 fully saturated rings. The lowest BCUT2D eigenvalue weighted by Crippen LogP contribution is -2.63. The van der Waals surface area contributed by atoms with E-state index in [-0.39, 0.29) is 17.0 Å². The minimum atomic E-state index is -1.64. The smallest absolute Gasteiger partial charge is 0.111 e. The molecule has 0 atom stereocenters. The fourth-order valence-electron chi connectivity index (χ4n) is 1.21. The van der Waals surface area contributed by atoms with E-state index < -0.39 is 36.6 Å². The molecule has 6 nitrogen and oxygen atoms in total. The molecule has 1 aliphatic carbocycles. The first-order chi connectivity index (χ1) is 5.46. The molecule has 0 saturated heterocycles. The maximum atomic E-state index is 8.97. The predicted octanol–water partition coefficient (Wildman–Crippen LogP) is -3.26. The first-order valence-corrected chi connectivity index (χ1v) is 3.55. The summed E-state index contributed by atoms with van der Waals surface area (Å²) in [6, 6.07) is 0. The summed E-state index contributed by atoms with van der Waals surface area (Å²) in [6.45, 7) is 0. The van der Waals surface area contributed by atoms with Crippen molar-refractivity contribution >= 4 is 17.0 Å². The fourth-order valence-corrected chi connectivity index (χ4v) is 1.21. The van der Waals surface area contributed by atoms with E-state index in [1.54, 1.807) is 0 Å². The maximum absolute atomic E-state index is 8.97. The van der Waals surface area contributed by atoms with Gasteiger partial charge in [-0.1, -0.05) is 0 Å². The molecule has 0 spiro atoms. The number of halogens is 1. The van der Waals surface area contributed by atoms with E-state index in [1.165, 1.54) is 0 Å². The Kier molecular flexibility index (Phi) is 4.73. The number of aliphatic hydroxyl groups is 6. The Labute approximate surface area is 84.8 Å². The molecule has 0 aliphatic heterocycles. The second kappa shape index (κ2) is 4.65. The van der Waals surface area contributed by atoms with E-state index in [9.17, 15) is 0 Å². The molecule has 1 aliphatic rings. The number of aliphatic hydroxyl groups excluding tert-OH is 6. The van der Waals surface area contributed by atoms with Crippen LogP contribution in [-0.2, 0) is 0 Å². The van der Waals surface area contributed by atoms with Crippen LogP contribution in [0.1, 0.15) is 0 Å². The summed E-state index contributed by atoms with van der Waals surface area (Å²) in [5, 5.41) is 53.8. The number of hydrogen-bond donors (Lipinski definition) is 6. The van der Waals surface area contributed by atoms with Gasteiger partial charge in [0, 0.05) is 0 Å². The molecule has 0 bridgehead atoms. The third-order valence-electron chi connectivity index (χ3n) is 2.10. The summed E-state index contributed by atoms with van der Waals surface area (Å²) >= 11 is 0. The van der Waals surface area contributed by atoms with Crippen LogP contribution < -0.4 is 0 Å². The lowest BCUT2D eigenvalue weighted by molar-refractivity contribution is -0.223. The Hall–Kier alpha value is 0.240. The van der Waals surface area contributed by atoms with Crippen LogP contribution in [0.4, 0.5) is 0 Å². The van der Waals surface area contributed by atoms with Crippen molar-refractivity contribution in [2.75, 3.05) is 0 Å². The molecule has 13 heavy (non-hydrogen) atoms. The van der Waals surface area contributed by atoms with E-state index in [0.717, 1.165) is 0 Å². The van der Waals surface area contributed by atoms with Gasteiger partial charge in [-0.15, -0.1) is 17.0 Å². The Morgan fingerprint density at radius 2 is 0.462 bits per heavy atom. The van der Waals surface area contributed by atoms with Crippen molar-refractivity contribution in [3.8, 4) is 0 Å². The van der Waals surface area contributed by atoms with Gasteiger partial charge in [-0.3, -0.25) is 0 Å². The zero-order chi connectivity index (χ0) is 9.46. The van der Waals surface area contributed by atoms with Gasteiger partial charge in [0.1, 0.15) is 36.6 Å². The lowest BCUT2D eigenvalue weighted by Gasteiger charge is -2.39. The molecular formula is C6H13BrO6. The van der Waals surface area contributed by atoms with Crippen LogP contribution in [0.15, 0.2) is 0 Å². The summed E-state index contributed by atoms with van der Waals surface area (Å²) in [6.07, 6.45) is -9.84. The monoisotopic (exact) mass is 260 g/mol. The highest BCUT2D eigenvalue weighted by atomic mass is 79.9. The van der Waals surface area contributed by atoms with E-state index >= 15 is 0 Å². The third-order valence-corrected chi connectivity index (χ3v) is 2.10. The van der Waals surface area contributed by atoms with Crippen molar-refractivity contribution in [1.82, 2.24) is 0 Å². The molecule has 0 aromatic carbocycles. The summed E-state index contributed by atoms with van der Waals surface area (Å²) < 4.78 is 0. The molecule has 7 heteroatoms. The summed E-state index contributed by atoms with van der Waals surface area (Å²) in [5.41, 5.74) is 0. The van der Waals surface area contributed by atoms with Crippen molar-refractivity contribution in [3.05, 3.63) is 0 Å². The van der Waals surface area contributed by atoms with Crippen molar-refractivity contribution in [3.63, 3.8) is 0 Å². The lowest BCUT2D eigenvalue weighted by atomic mass is 9.85. The molecule has 80 valence electrons. The van der Waals surface area contributed by atoms with Gasteiger partial charge >= 0.3 is 0 Å². The average Bonchev–Trinajstić information content (AvgIpc) is 2.08. The van der Waals surface area contributed by atoms with Crippen molar-refractivity contribution in [2.24, 2.45) is 0 Å². The number of hydrogen-bond acceptors (Lipinski definition) is 6. The molecule has 0 aromatic heterocycles. The molecule has 0 heterocycles. The second-order valence-corrected chi connectivity index (χ2v) is 2.94. The molecule has 6 N–H and O–H groups in total. The minimum Gasteiger partial charge on any atom is -0.387 e. The zero-order valence-corrected chi connectivity index (χ0v) is 8.27. The molecule has 0 radical (unpaired) electrons. The van der Waals surface area contributed by atoms with E-state index in [0.29, 0.717) is 0 Å². The Balaban J connectivity index is 0.00000144. The predicted molar refractivity (Wildman–Crippen MR) is 46.4 cm³/mol. The van der Waals surface area contributed by atoms with Crippen LogP contribution in [0.3, 0.4) is 0 Å². The first kappa shape index (κ1) is 13.2. The summed E-state index contributed by atoms with van der Waals surface area (Å²) in [5.74, 6) is 0. The van der Waals surface area contributed by atoms with Gasteiger partial charge in [0.15, 0.2) is 0 Å². The molecular weight excluding hydrogens is 248 g/mol. The SMILES string of the molecule is Br.OC1C(O)C(O)C(O)C(O)C1O. The quantitative estimate of drug-likeness (QED) is 0.272. The largest absolute Gasteiger partial charge is 0.387 e. The highest BCUT2D eigenvalue weighted by molar-refractivity contribution is 8.93. The fraction of sp³-hybridized carbons (Fsp3) is 1.00. The normalized spacial score (nSPS) is 51.2. The Bertz CT molecular complexity index is 109. The highest BCUT2D eigenvalue weighted by Gasteiger charge is 2.47. The van der Waals surface area contributed by atoms with Gasteiger partial charge in [0.25, 0.3) is 0 Å². The van der Waals surface area contributed by atoms with Crippen LogP contribution in [0.25, 0.3) is 0 Å². The first-order valence-electron chi connectivity index (χ1n) is 3.55. The van der Waals surface area contributed by atoms with Crippen molar-refractivity contribution in [2.45, 2.75) is 36.6 Å². The van der Waals surface area contributed by atoms with Gasteiger partial charge in [-0.2, -0.15) is 0 Å². The van der Waals surface area contributed by atoms with E-state index in [1.807, 2.05) is 0 Å². The summed E-state index contributed by atoms with van der Waals surface area (Å²) in [4.78, 5) is 0. The standard InChI is InChI=1S/C6H12O6.BrH/c7-1-2(8)4(10)6(12)5(11)3(1)9;/h1-12H;1H. The van der Waals surface area contributed by atoms with Crippen LogP contribution in [-0.4, -0.2) is 67.3 Å². The van der Waals surface area contributed by atoms with Gasteiger partial charge in [0.2, 0.25) is 0 Å². The van der Waals surface area contributed by atoms with Gasteiger partial charge in [-0.05, 0) is 0 Å². The van der Waals surface area contributed by atoms with Crippen LogP contribution in [0, 0.1) is 0 Å². The minimum absolute atomic E-state index is 0. The van der Waals surface area contributed by atoms with Gasteiger partial charge in [-0.25, -0.2) is 0 Å². The van der Waals surface area contributed by atoms with Crippen LogP contribution in [0.5, 0.6) is 0 Å². The van der Waals surface area contributed by atoms with Gasteiger partial charge < -0.3 is 30.6 Å². The Morgan fingerprint density at radius 3 is 0.538 bits per heavy atom. The summed E-state index contributed by atoms with van der Waals surface area (Å²) in [7, 11) is 0. The Morgan fingerprint density at radius 1 is 0.385 bits per heavy atom. The zero-order valence-electron chi connectivity index (χ0n) is 6.56. The van der Waals surface area contributed by atoms with Crippen LogP contribution >= 0.6 is 17.0 Å². The number of rotatable bonds is 0. The third kappa shape index (κ3) is 2.18. The van der Waals surface area contributed by atoms with Crippen molar-refractivity contribution < 1.29 is 30.6 Å². The maximum Gasteiger partial charge on any atom is 0.111 e. The molecule has 0 aromatic rings. The molecule has 0 unspecified atom stereocenters. The van der Waals surface area contributed by atoms with Crippen molar-refractivity contribution in [1.29, 1.82) is 0 Å². The topological polar surface area (TPSA) is 121 Å². The second-order valence-electron chi connectivity index (χ2n) is 2.94.